The average molecular weight is 569 g/mol. The molecule has 0 heterocycles. The molecule has 0 saturated heterocycles. The fourth-order valence-electron chi connectivity index (χ4n) is 4.07. The van der Waals surface area contributed by atoms with Crippen LogP contribution in [0.5, 0.6) is 11.5 Å². The van der Waals surface area contributed by atoms with Gasteiger partial charge in [0.15, 0.2) is 9.84 Å². The minimum Gasteiger partial charge on any atom is -0.508 e. The number of halogens is 5. The molecule has 4 nitrogen and oxygen atoms in total. The van der Waals surface area contributed by atoms with Crippen molar-refractivity contribution in [3.63, 3.8) is 0 Å². The zero-order chi connectivity index (χ0) is 28.7. The zero-order valence-electron chi connectivity index (χ0n) is 21.2. The highest BCUT2D eigenvalue weighted by Crippen LogP contribution is 2.39. The second-order valence-electron chi connectivity index (χ2n) is 8.95. The van der Waals surface area contributed by atoms with Crippen LogP contribution in [0, 0.1) is 0 Å². The predicted octanol–water partition coefficient (Wildman–Crippen LogP) is 7.53. The van der Waals surface area contributed by atoms with Crippen molar-refractivity contribution in [2.24, 2.45) is 0 Å². The zero-order valence-corrected chi connectivity index (χ0v) is 22.0. The molecule has 0 spiro atoms. The summed E-state index contributed by atoms with van der Waals surface area (Å²) in [5.74, 6) is -5.71. The standard InChI is InChI=1S/C29H29F5O4S/c1-2-26(21-7-4-3-5-8-21)27(22-9-13-24(35)14-10-22)23-11-15-25(16-12-23)38-18-20-39(36,37)19-6-17-28(30,31)29(32,33)34/h3-5,7-16,35H,2,6,17-20H2,1H3/b27-26+. The maximum Gasteiger partial charge on any atom is 0.453 e. The van der Waals surface area contributed by atoms with Gasteiger partial charge in [0.1, 0.15) is 18.1 Å². The molecule has 0 unspecified atom stereocenters. The third-order valence-electron chi connectivity index (χ3n) is 6.10. The first kappa shape index (κ1) is 30.1. The van der Waals surface area contributed by atoms with E-state index in [0.717, 1.165) is 34.3 Å². The monoisotopic (exact) mass is 568 g/mol. The molecule has 0 radical (unpaired) electrons. The Morgan fingerprint density at radius 1 is 0.795 bits per heavy atom. The van der Waals surface area contributed by atoms with Crippen LogP contribution in [0.4, 0.5) is 22.0 Å². The summed E-state index contributed by atoms with van der Waals surface area (Å²) in [5.41, 5.74) is 4.84. The van der Waals surface area contributed by atoms with Crippen LogP contribution in [0.1, 0.15) is 42.9 Å². The first-order valence-electron chi connectivity index (χ1n) is 12.3. The summed E-state index contributed by atoms with van der Waals surface area (Å²) in [6, 6.07) is 23.7. The Hall–Kier alpha value is -3.40. The lowest BCUT2D eigenvalue weighted by atomic mass is 9.88. The number of aromatic hydroxyl groups is 1. The number of alkyl halides is 5. The summed E-state index contributed by atoms with van der Waals surface area (Å²) >= 11 is 0. The van der Waals surface area contributed by atoms with Crippen LogP contribution in [0.25, 0.3) is 11.1 Å². The number of phenolic OH excluding ortho intramolecular Hbond substituents is 1. The van der Waals surface area contributed by atoms with Crippen molar-refractivity contribution >= 4 is 21.0 Å². The maximum absolute atomic E-state index is 13.0. The summed E-state index contributed by atoms with van der Waals surface area (Å²) in [7, 11) is -3.88. The van der Waals surface area contributed by atoms with Crippen LogP contribution in [0.3, 0.4) is 0 Å². The van der Waals surface area contributed by atoms with Gasteiger partial charge in [-0.15, -0.1) is 0 Å². The molecule has 10 heteroatoms. The van der Waals surface area contributed by atoms with Crippen LogP contribution in [-0.4, -0.2) is 43.7 Å². The Kier molecular flexibility index (Phi) is 9.77. The molecule has 39 heavy (non-hydrogen) atoms. The summed E-state index contributed by atoms with van der Waals surface area (Å²) in [5, 5.41) is 9.76. The van der Waals surface area contributed by atoms with E-state index in [4.69, 9.17) is 4.74 Å². The molecule has 0 aliphatic rings. The second kappa shape index (κ2) is 12.6. The third-order valence-corrected chi connectivity index (χ3v) is 7.80. The van der Waals surface area contributed by atoms with E-state index in [1.165, 1.54) is 0 Å². The number of benzene rings is 3. The molecule has 0 atom stereocenters. The fourth-order valence-corrected chi connectivity index (χ4v) is 5.20. The first-order chi connectivity index (χ1) is 18.3. The molecule has 1 N–H and O–H groups in total. The lowest BCUT2D eigenvalue weighted by Crippen LogP contribution is -2.36. The number of hydrogen-bond donors (Lipinski definition) is 1. The Bertz CT molecular complexity index is 1350. The molecule has 3 rings (SSSR count). The Morgan fingerprint density at radius 3 is 1.90 bits per heavy atom. The van der Waals surface area contributed by atoms with Crippen molar-refractivity contribution in [3.8, 4) is 11.5 Å². The molecule has 0 aromatic heterocycles. The van der Waals surface area contributed by atoms with Gasteiger partial charge in [-0.2, -0.15) is 22.0 Å². The van der Waals surface area contributed by atoms with Crippen LogP contribution in [0.15, 0.2) is 78.9 Å². The molecule has 0 aliphatic carbocycles. The van der Waals surface area contributed by atoms with Gasteiger partial charge in [-0.05, 0) is 64.9 Å². The van der Waals surface area contributed by atoms with E-state index in [1.54, 1.807) is 24.3 Å². The van der Waals surface area contributed by atoms with Crippen LogP contribution in [-0.2, 0) is 9.84 Å². The van der Waals surface area contributed by atoms with Gasteiger partial charge in [0.05, 0.1) is 11.5 Å². The van der Waals surface area contributed by atoms with Crippen molar-refractivity contribution in [2.75, 3.05) is 18.1 Å². The molecule has 0 saturated carbocycles. The molecular weight excluding hydrogens is 539 g/mol. The van der Waals surface area contributed by atoms with Crippen molar-refractivity contribution in [1.82, 2.24) is 0 Å². The number of phenols is 1. The molecule has 0 amide bonds. The highest BCUT2D eigenvalue weighted by atomic mass is 32.2. The lowest BCUT2D eigenvalue weighted by molar-refractivity contribution is -0.284. The first-order valence-corrected chi connectivity index (χ1v) is 14.1. The molecule has 0 aliphatic heterocycles. The summed E-state index contributed by atoms with van der Waals surface area (Å²) < 4.78 is 92.5. The highest BCUT2D eigenvalue weighted by molar-refractivity contribution is 7.91. The van der Waals surface area contributed by atoms with Gasteiger partial charge in [-0.25, -0.2) is 8.42 Å². The minimum absolute atomic E-state index is 0.142. The van der Waals surface area contributed by atoms with E-state index in [2.05, 4.69) is 0 Å². The van der Waals surface area contributed by atoms with Gasteiger partial charge in [0.2, 0.25) is 0 Å². The summed E-state index contributed by atoms with van der Waals surface area (Å²) in [6.07, 6.45) is -7.37. The largest absolute Gasteiger partial charge is 0.508 e. The second-order valence-corrected chi connectivity index (χ2v) is 11.3. The lowest BCUT2D eigenvalue weighted by Gasteiger charge is -2.19. The predicted molar refractivity (Wildman–Crippen MR) is 142 cm³/mol. The topological polar surface area (TPSA) is 63.6 Å². The van der Waals surface area contributed by atoms with Crippen LogP contribution < -0.4 is 4.74 Å². The Balaban J connectivity index is 1.71. The van der Waals surface area contributed by atoms with Gasteiger partial charge in [-0.1, -0.05) is 61.5 Å². The van der Waals surface area contributed by atoms with Gasteiger partial charge in [0, 0.05) is 6.42 Å². The molecule has 3 aromatic carbocycles. The number of ether oxygens (including phenoxy) is 1. The number of sulfone groups is 1. The van der Waals surface area contributed by atoms with Crippen molar-refractivity contribution in [3.05, 3.63) is 95.6 Å². The molecule has 0 bridgehead atoms. The van der Waals surface area contributed by atoms with Crippen LogP contribution in [0.2, 0.25) is 0 Å². The van der Waals surface area contributed by atoms with Gasteiger partial charge in [0.25, 0.3) is 0 Å². The molecule has 3 aromatic rings. The highest BCUT2D eigenvalue weighted by Gasteiger charge is 2.56. The van der Waals surface area contributed by atoms with E-state index in [1.807, 2.05) is 61.5 Å². The van der Waals surface area contributed by atoms with Crippen molar-refractivity contribution < 1.29 is 40.2 Å². The minimum atomic E-state index is -5.71. The molecule has 0 fully saturated rings. The number of allylic oxidation sites excluding steroid dienone is 1. The molecular formula is C29H29F5O4S. The van der Waals surface area contributed by atoms with E-state index in [-0.39, 0.29) is 12.4 Å². The SMILES string of the molecule is CC/C(=C(/c1ccc(O)cc1)c1ccc(OCCS(=O)(=O)CCCC(F)(F)C(F)(F)F)cc1)c1ccccc1. The van der Waals surface area contributed by atoms with E-state index in [0.29, 0.717) is 5.75 Å². The Labute approximate surface area is 224 Å². The Morgan fingerprint density at radius 2 is 1.36 bits per heavy atom. The van der Waals surface area contributed by atoms with E-state index >= 15 is 0 Å². The third kappa shape index (κ3) is 8.29. The average Bonchev–Trinajstić information content (AvgIpc) is 2.88. The molecule has 210 valence electrons. The fraction of sp³-hybridized carbons (Fsp3) is 0.310. The maximum atomic E-state index is 13.0. The van der Waals surface area contributed by atoms with Crippen molar-refractivity contribution in [2.45, 2.75) is 38.3 Å². The van der Waals surface area contributed by atoms with Gasteiger partial charge in [-0.3, -0.25) is 0 Å². The quantitative estimate of drug-likeness (QED) is 0.181. The van der Waals surface area contributed by atoms with E-state index in [9.17, 15) is 35.5 Å². The summed E-state index contributed by atoms with van der Waals surface area (Å²) in [6.45, 7) is 1.77. The smallest absolute Gasteiger partial charge is 0.453 e. The number of rotatable bonds is 12. The van der Waals surface area contributed by atoms with Crippen molar-refractivity contribution in [1.29, 1.82) is 0 Å². The van der Waals surface area contributed by atoms with E-state index < -0.39 is 46.3 Å². The normalized spacial score (nSPS) is 13.2. The van der Waals surface area contributed by atoms with Crippen LogP contribution >= 0.6 is 0 Å². The number of hydrogen-bond acceptors (Lipinski definition) is 4. The van der Waals surface area contributed by atoms with Gasteiger partial charge < -0.3 is 9.84 Å². The summed E-state index contributed by atoms with van der Waals surface area (Å²) in [4.78, 5) is 0. The van der Waals surface area contributed by atoms with Gasteiger partial charge >= 0.3 is 12.1 Å².